The summed E-state index contributed by atoms with van der Waals surface area (Å²) >= 11 is 0. The van der Waals surface area contributed by atoms with Gasteiger partial charge in [0.2, 0.25) is 0 Å². The summed E-state index contributed by atoms with van der Waals surface area (Å²) in [5.74, 6) is 0.865. The zero-order valence-electron chi connectivity index (χ0n) is 25.3. The Labute approximate surface area is 264 Å². The third kappa shape index (κ3) is 3.26. The van der Waals surface area contributed by atoms with Gasteiger partial charge in [0.05, 0.1) is 27.6 Å². The fraction of sp³-hybridized carbons (Fsp3) is 0.0233. The first kappa shape index (κ1) is 25.3. The highest BCUT2D eigenvalue weighted by atomic mass is 16.3. The highest BCUT2D eigenvalue weighted by Gasteiger charge is 2.21. The van der Waals surface area contributed by atoms with E-state index in [1.165, 1.54) is 71.0 Å². The van der Waals surface area contributed by atoms with E-state index in [0.29, 0.717) is 0 Å². The number of rotatable bonds is 4. The van der Waals surface area contributed by atoms with Gasteiger partial charge in [-0.15, -0.1) is 0 Å². The SMILES string of the molecule is C=C/C=C\c1oc2cc(-n3c4ccccc4c4cc(-c5cccc6c7cccc8c9ccccc9n(c56)c87)ccc43)ccc2c1C. The van der Waals surface area contributed by atoms with Crippen molar-refractivity contribution in [2.75, 3.05) is 0 Å². The summed E-state index contributed by atoms with van der Waals surface area (Å²) < 4.78 is 11.2. The highest BCUT2D eigenvalue weighted by molar-refractivity contribution is 6.25. The number of furan rings is 1. The second kappa shape index (κ2) is 9.23. The molecule has 46 heavy (non-hydrogen) atoms. The lowest BCUT2D eigenvalue weighted by Crippen LogP contribution is -1.93. The predicted molar refractivity (Wildman–Crippen MR) is 195 cm³/mol. The van der Waals surface area contributed by atoms with Crippen molar-refractivity contribution in [2.45, 2.75) is 6.92 Å². The molecule has 216 valence electrons. The van der Waals surface area contributed by atoms with Gasteiger partial charge in [0.15, 0.2) is 0 Å². The molecule has 10 rings (SSSR count). The van der Waals surface area contributed by atoms with Crippen molar-refractivity contribution >= 4 is 76.9 Å². The minimum absolute atomic E-state index is 0.865. The fourth-order valence-electron chi connectivity index (χ4n) is 7.81. The van der Waals surface area contributed by atoms with Crippen LogP contribution in [-0.4, -0.2) is 8.97 Å². The van der Waals surface area contributed by atoms with E-state index >= 15 is 0 Å². The summed E-state index contributed by atoms with van der Waals surface area (Å²) in [7, 11) is 0. The maximum Gasteiger partial charge on any atom is 0.137 e. The van der Waals surface area contributed by atoms with Crippen LogP contribution in [0.15, 0.2) is 144 Å². The van der Waals surface area contributed by atoms with Crippen LogP contribution < -0.4 is 0 Å². The second-order valence-corrected chi connectivity index (χ2v) is 12.2. The molecule has 0 aliphatic carbocycles. The number of para-hydroxylation sites is 4. The summed E-state index contributed by atoms with van der Waals surface area (Å²) in [5, 5.41) is 8.78. The van der Waals surface area contributed by atoms with Gasteiger partial charge < -0.3 is 13.4 Å². The van der Waals surface area contributed by atoms with Crippen LogP contribution in [0.2, 0.25) is 0 Å². The molecule has 6 aromatic carbocycles. The van der Waals surface area contributed by atoms with E-state index in [9.17, 15) is 0 Å². The van der Waals surface area contributed by atoms with E-state index in [-0.39, 0.29) is 0 Å². The molecule has 0 aliphatic heterocycles. The third-order valence-electron chi connectivity index (χ3n) is 9.83. The van der Waals surface area contributed by atoms with Crippen LogP contribution in [0.4, 0.5) is 0 Å². The van der Waals surface area contributed by atoms with Gasteiger partial charge in [-0.2, -0.15) is 0 Å². The zero-order valence-corrected chi connectivity index (χ0v) is 25.3. The van der Waals surface area contributed by atoms with Gasteiger partial charge in [-0.05, 0) is 55.0 Å². The molecule has 10 aromatic rings. The van der Waals surface area contributed by atoms with Crippen LogP contribution in [-0.2, 0) is 0 Å². The molecular formula is C43H28N2O. The molecule has 3 heteroatoms. The molecule has 4 heterocycles. The van der Waals surface area contributed by atoms with Crippen molar-refractivity contribution in [3.8, 4) is 16.8 Å². The minimum atomic E-state index is 0.865. The van der Waals surface area contributed by atoms with E-state index in [2.05, 4.69) is 144 Å². The van der Waals surface area contributed by atoms with Gasteiger partial charge in [0.25, 0.3) is 0 Å². The number of nitrogens with zero attached hydrogens (tertiary/aromatic N) is 2. The monoisotopic (exact) mass is 588 g/mol. The lowest BCUT2D eigenvalue weighted by molar-refractivity contribution is 0.601. The largest absolute Gasteiger partial charge is 0.456 e. The molecule has 0 aliphatic rings. The van der Waals surface area contributed by atoms with Gasteiger partial charge in [0, 0.05) is 60.6 Å². The fourth-order valence-corrected chi connectivity index (χ4v) is 7.81. The van der Waals surface area contributed by atoms with E-state index in [1.54, 1.807) is 6.08 Å². The van der Waals surface area contributed by atoms with Crippen LogP contribution in [0.1, 0.15) is 11.3 Å². The predicted octanol–water partition coefficient (Wildman–Crippen LogP) is 11.9. The summed E-state index contributed by atoms with van der Waals surface area (Å²) in [4.78, 5) is 0. The molecule has 0 saturated carbocycles. The topological polar surface area (TPSA) is 22.5 Å². The van der Waals surface area contributed by atoms with Crippen molar-refractivity contribution in [1.82, 2.24) is 8.97 Å². The maximum absolute atomic E-state index is 6.31. The lowest BCUT2D eigenvalue weighted by Gasteiger charge is -2.09. The number of allylic oxidation sites excluding steroid dienone is 2. The Balaban J connectivity index is 1.23. The quantitative estimate of drug-likeness (QED) is 0.188. The normalized spacial score (nSPS) is 12.5. The van der Waals surface area contributed by atoms with Crippen LogP contribution in [0, 0.1) is 6.92 Å². The van der Waals surface area contributed by atoms with E-state index in [1.807, 2.05) is 12.2 Å². The highest BCUT2D eigenvalue weighted by Crippen LogP contribution is 2.43. The molecule has 0 bridgehead atoms. The van der Waals surface area contributed by atoms with Crippen LogP contribution in [0.5, 0.6) is 0 Å². The first-order valence-corrected chi connectivity index (χ1v) is 15.7. The molecule has 0 unspecified atom stereocenters. The van der Waals surface area contributed by atoms with Gasteiger partial charge >= 0.3 is 0 Å². The Bertz CT molecular complexity index is 2890. The smallest absolute Gasteiger partial charge is 0.137 e. The summed E-state index contributed by atoms with van der Waals surface area (Å²) in [6, 6.07) is 44.4. The van der Waals surface area contributed by atoms with Crippen molar-refractivity contribution < 1.29 is 4.42 Å². The van der Waals surface area contributed by atoms with Crippen molar-refractivity contribution in [2.24, 2.45) is 0 Å². The van der Waals surface area contributed by atoms with Gasteiger partial charge in [-0.1, -0.05) is 97.6 Å². The Morgan fingerprint density at radius 2 is 1.26 bits per heavy atom. The molecular weight excluding hydrogens is 560 g/mol. The maximum atomic E-state index is 6.31. The van der Waals surface area contributed by atoms with E-state index in [4.69, 9.17) is 4.42 Å². The molecule has 0 saturated heterocycles. The molecule has 3 nitrogen and oxygen atoms in total. The second-order valence-electron chi connectivity index (χ2n) is 12.2. The first-order valence-electron chi connectivity index (χ1n) is 15.7. The number of aromatic nitrogens is 2. The third-order valence-corrected chi connectivity index (χ3v) is 9.83. The molecule has 0 fully saturated rings. The number of fused-ring (bicyclic) bond motifs is 10. The molecule has 0 radical (unpaired) electrons. The average molecular weight is 589 g/mol. The van der Waals surface area contributed by atoms with Crippen molar-refractivity contribution in [3.05, 3.63) is 151 Å². The van der Waals surface area contributed by atoms with Crippen LogP contribution in [0.3, 0.4) is 0 Å². The number of benzene rings is 6. The zero-order chi connectivity index (χ0) is 30.5. The molecule has 0 amide bonds. The summed E-state index contributed by atoms with van der Waals surface area (Å²) in [5.41, 5.74) is 11.7. The van der Waals surface area contributed by atoms with Crippen molar-refractivity contribution in [3.63, 3.8) is 0 Å². The molecule has 0 atom stereocenters. The average Bonchev–Trinajstić information content (AvgIpc) is 3.82. The van der Waals surface area contributed by atoms with Crippen LogP contribution in [0.25, 0.3) is 93.8 Å². The number of hydrogen-bond acceptors (Lipinski definition) is 1. The molecule has 4 aromatic heterocycles. The lowest BCUT2D eigenvalue weighted by atomic mass is 9.99. The van der Waals surface area contributed by atoms with E-state index < -0.39 is 0 Å². The van der Waals surface area contributed by atoms with Gasteiger partial charge in [0.1, 0.15) is 11.3 Å². The summed E-state index contributed by atoms with van der Waals surface area (Å²) in [6.45, 7) is 5.91. The van der Waals surface area contributed by atoms with Gasteiger partial charge in [-0.3, -0.25) is 0 Å². The Hall–Kier alpha value is -6.06. The summed E-state index contributed by atoms with van der Waals surface area (Å²) in [6.07, 6.45) is 5.66. The Morgan fingerprint density at radius 1 is 0.587 bits per heavy atom. The van der Waals surface area contributed by atoms with Gasteiger partial charge in [-0.25, -0.2) is 0 Å². The van der Waals surface area contributed by atoms with E-state index in [0.717, 1.165) is 28.0 Å². The molecule has 0 N–H and O–H groups in total. The first-order chi connectivity index (χ1) is 22.7. The molecule has 0 spiro atoms. The van der Waals surface area contributed by atoms with Crippen LogP contribution >= 0.6 is 0 Å². The Morgan fingerprint density at radius 3 is 2.09 bits per heavy atom. The van der Waals surface area contributed by atoms with Crippen molar-refractivity contribution in [1.29, 1.82) is 0 Å². The standard InChI is InChI=1S/C43H28N2O/c1-3-4-19-40-26(2)29-22-21-28(25-41(29)46-40)44-37-17-7-6-12-32(37)36-24-27(20-23-39(36)44)30-13-9-15-34-35-16-10-14-33-31-11-5-8-18-38(31)45(42(30)34)43(33)35/h3-25H,1H2,2H3/b19-4-. The minimum Gasteiger partial charge on any atom is -0.456 e. The Kier molecular flexibility index (Phi) is 5.07. The number of aryl methyl sites for hydroxylation is 1. The number of hydrogen-bond donors (Lipinski definition) is 0.